The fraction of sp³-hybridized carbons (Fsp3) is 0.538. The van der Waals surface area contributed by atoms with Crippen molar-refractivity contribution >= 4 is 0 Å². The third-order valence-corrected chi connectivity index (χ3v) is 3.06. The number of hydrogen-bond acceptors (Lipinski definition) is 1. The lowest BCUT2D eigenvalue weighted by molar-refractivity contribution is 0.00755. The molecule has 0 aliphatic carbocycles. The smallest absolute Gasteiger partial charge is 0.245 e. The van der Waals surface area contributed by atoms with Crippen LogP contribution in [0.5, 0.6) is 0 Å². The second-order valence-corrected chi connectivity index (χ2v) is 4.65. The van der Waals surface area contributed by atoms with E-state index in [0.29, 0.717) is 12.8 Å². The Labute approximate surface area is 95.7 Å². The quantitative estimate of drug-likeness (QED) is 0.821. The molecular weight excluding hydrogens is 208 g/mol. The van der Waals surface area contributed by atoms with Gasteiger partial charge in [-0.2, -0.15) is 0 Å². The molecule has 0 amide bonds. The Morgan fingerprint density at radius 1 is 1.38 bits per heavy atom. The number of hydrogen-bond donors (Lipinski definition) is 1. The van der Waals surface area contributed by atoms with Crippen molar-refractivity contribution in [3.05, 3.63) is 35.4 Å². The summed E-state index contributed by atoms with van der Waals surface area (Å²) in [7, 11) is 0. The molecule has 0 bridgehead atoms. The van der Waals surface area contributed by atoms with Crippen LogP contribution in [0, 0.1) is 12.3 Å². The lowest BCUT2D eigenvalue weighted by Crippen LogP contribution is -2.35. The van der Waals surface area contributed by atoms with Gasteiger partial charge < -0.3 is 5.73 Å². The van der Waals surface area contributed by atoms with E-state index >= 15 is 0 Å². The fourth-order valence-electron chi connectivity index (χ4n) is 1.60. The van der Waals surface area contributed by atoms with E-state index in [1.54, 1.807) is 6.92 Å². The predicted octanol–water partition coefficient (Wildman–Crippen LogP) is 3.16. The van der Waals surface area contributed by atoms with Crippen molar-refractivity contribution in [2.75, 3.05) is 6.54 Å². The van der Waals surface area contributed by atoms with Crippen LogP contribution in [0.15, 0.2) is 24.3 Å². The third kappa shape index (κ3) is 3.27. The fourth-order valence-corrected chi connectivity index (χ4v) is 1.60. The van der Waals surface area contributed by atoms with Gasteiger partial charge in [0.25, 0.3) is 0 Å². The number of halogens is 2. The summed E-state index contributed by atoms with van der Waals surface area (Å²) < 4.78 is 25.6. The van der Waals surface area contributed by atoms with Gasteiger partial charge in [-0.3, -0.25) is 0 Å². The molecule has 0 aliphatic rings. The average Bonchev–Trinajstić information content (AvgIpc) is 2.26. The van der Waals surface area contributed by atoms with E-state index < -0.39 is 11.8 Å². The largest absolute Gasteiger partial charge is 0.330 e. The van der Waals surface area contributed by atoms with Crippen LogP contribution >= 0.6 is 0 Å². The zero-order chi connectivity index (χ0) is 12.2. The number of rotatable bonds is 5. The van der Waals surface area contributed by atoms with Gasteiger partial charge in [0.1, 0.15) is 0 Å². The van der Waals surface area contributed by atoms with Crippen molar-refractivity contribution in [1.82, 2.24) is 0 Å². The standard InChI is InChI=1S/C13H19F2N/c1-10-4-3-5-11(8-10)6-7-13(2,9-16)12(14)15/h3-5,8,12H,6-7,9,16H2,1-2H3. The van der Waals surface area contributed by atoms with E-state index in [0.717, 1.165) is 11.1 Å². The molecular formula is C13H19F2N. The Morgan fingerprint density at radius 2 is 2.06 bits per heavy atom. The number of aryl methyl sites for hydroxylation is 2. The summed E-state index contributed by atoms with van der Waals surface area (Å²) in [5.74, 6) is 0. The highest BCUT2D eigenvalue weighted by atomic mass is 19.3. The molecule has 0 radical (unpaired) electrons. The Balaban J connectivity index is 2.63. The van der Waals surface area contributed by atoms with Gasteiger partial charge in [0.15, 0.2) is 0 Å². The van der Waals surface area contributed by atoms with Gasteiger partial charge in [-0.25, -0.2) is 8.78 Å². The second-order valence-electron chi connectivity index (χ2n) is 4.65. The van der Waals surface area contributed by atoms with Crippen LogP contribution < -0.4 is 5.73 Å². The van der Waals surface area contributed by atoms with Gasteiger partial charge in [-0.1, -0.05) is 36.8 Å². The molecule has 3 heteroatoms. The number of nitrogens with two attached hydrogens (primary N) is 1. The van der Waals surface area contributed by atoms with E-state index in [1.165, 1.54) is 0 Å². The maximum atomic E-state index is 12.8. The summed E-state index contributed by atoms with van der Waals surface area (Å²) in [6, 6.07) is 7.95. The molecule has 2 N–H and O–H groups in total. The predicted molar refractivity (Wildman–Crippen MR) is 62.7 cm³/mol. The molecule has 1 atom stereocenters. The monoisotopic (exact) mass is 227 g/mol. The Bertz CT molecular complexity index is 338. The van der Waals surface area contributed by atoms with E-state index in [1.807, 2.05) is 31.2 Å². The first-order valence-electron chi connectivity index (χ1n) is 5.52. The molecule has 1 rings (SSSR count). The Morgan fingerprint density at radius 3 is 2.56 bits per heavy atom. The van der Waals surface area contributed by atoms with Crippen molar-refractivity contribution in [3.63, 3.8) is 0 Å². The Hall–Kier alpha value is -0.960. The highest BCUT2D eigenvalue weighted by molar-refractivity contribution is 5.22. The number of alkyl halides is 2. The summed E-state index contributed by atoms with van der Waals surface area (Å²) in [5.41, 5.74) is 6.61. The average molecular weight is 227 g/mol. The zero-order valence-corrected chi connectivity index (χ0v) is 9.84. The maximum absolute atomic E-state index is 12.8. The van der Waals surface area contributed by atoms with Gasteiger partial charge in [0.2, 0.25) is 6.43 Å². The van der Waals surface area contributed by atoms with Crippen molar-refractivity contribution < 1.29 is 8.78 Å². The molecule has 0 aromatic heterocycles. The highest BCUT2D eigenvalue weighted by Gasteiger charge is 2.32. The summed E-state index contributed by atoms with van der Waals surface area (Å²) in [6.07, 6.45) is -1.29. The van der Waals surface area contributed by atoms with Gasteiger partial charge in [0.05, 0.1) is 0 Å². The summed E-state index contributed by atoms with van der Waals surface area (Å²) in [6.45, 7) is 3.57. The molecule has 0 heterocycles. The molecule has 0 spiro atoms. The van der Waals surface area contributed by atoms with Gasteiger partial charge in [0, 0.05) is 12.0 Å². The lowest BCUT2D eigenvalue weighted by atomic mass is 9.84. The van der Waals surface area contributed by atoms with Crippen LogP contribution in [0.25, 0.3) is 0 Å². The summed E-state index contributed by atoms with van der Waals surface area (Å²) in [5, 5.41) is 0. The van der Waals surface area contributed by atoms with Gasteiger partial charge in [-0.15, -0.1) is 0 Å². The van der Waals surface area contributed by atoms with Crippen LogP contribution in [0.3, 0.4) is 0 Å². The van der Waals surface area contributed by atoms with Crippen LogP contribution in [0.4, 0.5) is 8.78 Å². The summed E-state index contributed by atoms with van der Waals surface area (Å²) >= 11 is 0. The zero-order valence-electron chi connectivity index (χ0n) is 9.84. The van der Waals surface area contributed by atoms with Crippen LogP contribution in [0.1, 0.15) is 24.5 Å². The minimum absolute atomic E-state index is 0.0243. The molecule has 1 nitrogen and oxygen atoms in total. The second kappa shape index (κ2) is 5.39. The molecule has 0 fully saturated rings. The summed E-state index contributed by atoms with van der Waals surface area (Å²) in [4.78, 5) is 0. The van der Waals surface area contributed by atoms with Gasteiger partial charge in [-0.05, 0) is 25.3 Å². The van der Waals surface area contributed by atoms with Crippen molar-refractivity contribution in [1.29, 1.82) is 0 Å². The normalized spacial score (nSPS) is 15.1. The Kier molecular flexibility index (Phi) is 4.42. The van der Waals surface area contributed by atoms with E-state index in [-0.39, 0.29) is 6.54 Å². The first-order valence-corrected chi connectivity index (χ1v) is 5.52. The lowest BCUT2D eigenvalue weighted by Gasteiger charge is -2.26. The van der Waals surface area contributed by atoms with E-state index in [9.17, 15) is 8.78 Å². The molecule has 1 aromatic carbocycles. The maximum Gasteiger partial charge on any atom is 0.245 e. The minimum atomic E-state index is -2.36. The van der Waals surface area contributed by atoms with Crippen LogP contribution in [-0.2, 0) is 6.42 Å². The molecule has 0 saturated carbocycles. The molecule has 16 heavy (non-hydrogen) atoms. The van der Waals surface area contributed by atoms with E-state index in [4.69, 9.17) is 5.73 Å². The van der Waals surface area contributed by atoms with E-state index in [2.05, 4.69) is 0 Å². The molecule has 1 unspecified atom stereocenters. The van der Waals surface area contributed by atoms with Crippen molar-refractivity contribution in [3.8, 4) is 0 Å². The molecule has 1 aromatic rings. The topological polar surface area (TPSA) is 26.0 Å². The molecule has 90 valence electrons. The van der Waals surface area contributed by atoms with Gasteiger partial charge >= 0.3 is 0 Å². The van der Waals surface area contributed by atoms with Crippen molar-refractivity contribution in [2.45, 2.75) is 33.1 Å². The first kappa shape index (κ1) is 13.1. The highest BCUT2D eigenvalue weighted by Crippen LogP contribution is 2.30. The van der Waals surface area contributed by atoms with Crippen molar-refractivity contribution in [2.24, 2.45) is 11.1 Å². The molecule has 0 saturated heterocycles. The molecule has 0 aliphatic heterocycles. The van der Waals surface area contributed by atoms with Crippen LogP contribution in [0.2, 0.25) is 0 Å². The minimum Gasteiger partial charge on any atom is -0.330 e. The van der Waals surface area contributed by atoms with Crippen LogP contribution in [-0.4, -0.2) is 13.0 Å². The first-order chi connectivity index (χ1) is 7.48. The number of benzene rings is 1. The third-order valence-electron chi connectivity index (χ3n) is 3.06. The SMILES string of the molecule is Cc1cccc(CCC(C)(CN)C(F)F)c1.